The summed E-state index contributed by atoms with van der Waals surface area (Å²) in [6.45, 7) is 0.300. The zero-order valence-electron chi connectivity index (χ0n) is 14.8. The molecule has 0 saturated carbocycles. The summed E-state index contributed by atoms with van der Waals surface area (Å²) in [5, 5.41) is 8.30. The van der Waals surface area contributed by atoms with Crippen molar-refractivity contribution in [3.05, 3.63) is 104 Å². The van der Waals surface area contributed by atoms with Gasteiger partial charge < -0.3 is 5.32 Å². The Morgan fingerprint density at radius 2 is 1.64 bits per heavy atom. The molecule has 0 aliphatic rings. The lowest BCUT2D eigenvalue weighted by molar-refractivity contribution is 0.102. The molecule has 0 saturated heterocycles. The van der Waals surface area contributed by atoms with E-state index in [-0.39, 0.29) is 17.2 Å². The zero-order chi connectivity index (χ0) is 19.5. The standard InChI is InChI=1S/C22H16IN3O2/c23-16-9-6-10-17(13-16)24-21(27)20-18-11-4-5-12-19(18)22(28)26(25-20)14-15-7-2-1-3-8-15/h1-13H,14H2,(H,24,27). The second-order valence-corrected chi connectivity index (χ2v) is 7.55. The van der Waals surface area contributed by atoms with E-state index in [0.717, 1.165) is 9.13 Å². The first-order valence-electron chi connectivity index (χ1n) is 8.72. The van der Waals surface area contributed by atoms with Gasteiger partial charge in [0.05, 0.1) is 11.9 Å². The maximum atomic E-state index is 13.0. The number of fused-ring (bicyclic) bond motifs is 1. The van der Waals surface area contributed by atoms with Gasteiger partial charge >= 0.3 is 0 Å². The average molecular weight is 481 g/mol. The molecule has 4 rings (SSSR count). The van der Waals surface area contributed by atoms with Gasteiger partial charge in [-0.3, -0.25) is 9.59 Å². The maximum absolute atomic E-state index is 13.0. The van der Waals surface area contributed by atoms with Crippen molar-refractivity contribution in [2.45, 2.75) is 6.54 Å². The van der Waals surface area contributed by atoms with E-state index in [1.54, 1.807) is 24.3 Å². The number of hydrogen-bond donors (Lipinski definition) is 1. The van der Waals surface area contributed by atoms with Gasteiger partial charge in [0.15, 0.2) is 5.69 Å². The molecule has 0 aliphatic heterocycles. The van der Waals surface area contributed by atoms with Crippen molar-refractivity contribution in [3.63, 3.8) is 0 Å². The van der Waals surface area contributed by atoms with E-state index in [1.807, 2.05) is 54.6 Å². The highest BCUT2D eigenvalue weighted by Gasteiger charge is 2.17. The molecule has 5 nitrogen and oxygen atoms in total. The smallest absolute Gasteiger partial charge is 0.276 e. The number of hydrogen-bond acceptors (Lipinski definition) is 3. The third-order valence-electron chi connectivity index (χ3n) is 4.34. The summed E-state index contributed by atoms with van der Waals surface area (Å²) < 4.78 is 2.36. The predicted molar refractivity (Wildman–Crippen MR) is 119 cm³/mol. The molecule has 0 unspecified atom stereocenters. The summed E-state index contributed by atoms with van der Waals surface area (Å²) in [5.41, 5.74) is 1.63. The zero-order valence-corrected chi connectivity index (χ0v) is 17.0. The lowest BCUT2D eigenvalue weighted by Gasteiger charge is -2.11. The third-order valence-corrected chi connectivity index (χ3v) is 5.01. The number of anilines is 1. The molecular formula is C22H16IN3O2. The minimum Gasteiger partial charge on any atom is -0.321 e. The summed E-state index contributed by atoms with van der Waals surface area (Å²) in [7, 11) is 0. The molecule has 1 heterocycles. The number of nitrogens with zero attached hydrogens (tertiary/aromatic N) is 2. The largest absolute Gasteiger partial charge is 0.321 e. The molecular weight excluding hydrogens is 465 g/mol. The van der Waals surface area contributed by atoms with E-state index in [0.29, 0.717) is 23.0 Å². The molecule has 4 aromatic rings. The molecule has 0 radical (unpaired) electrons. The molecule has 6 heteroatoms. The first kappa shape index (κ1) is 18.4. The van der Waals surface area contributed by atoms with Crippen molar-refractivity contribution in [2.24, 2.45) is 0 Å². The van der Waals surface area contributed by atoms with E-state index in [1.165, 1.54) is 4.68 Å². The second kappa shape index (κ2) is 7.93. The summed E-state index contributed by atoms with van der Waals surface area (Å²) in [4.78, 5) is 25.8. The second-order valence-electron chi connectivity index (χ2n) is 6.31. The van der Waals surface area contributed by atoms with Gasteiger partial charge in [-0.25, -0.2) is 4.68 Å². The van der Waals surface area contributed by atoms with Gasteiger partial charge in [0.2, 0.25) is 0 Å². The van der Waals surface area contributed by atoms with E-state index in [9.17, 15) is 9.59 Å². The van der Waals surface area contributed by atoms with Crippen molar-refractivity contribution < 1.29 is 4.79 Å². The van der Waals surface area contributed by atoms with Crippen LogP contribution in [0.5, 0.6) is 0 Å². The summed E-state index contributed by atoms with van der Waals surface area (Å²) >= 11 is 2.19. The molecule has 0 aliphatic carbocycles. The number of rotatable bonds is 4. The Kier molecular flexibility index (Phi) is 5.21. The first-order valence-corrected chi connectivity index (χ1v) is 9.80. The van der Waals surface area contributed by atoms with E-state index >= 15 is 0 Å². The minimum absolute atomic E-state index is 0.217. The van der Waals surface area contributed by atoms with Crippen molar-refractivity contribution in [3.8, 4) is 0 Å². The topological polar surface area (TPSA) is 64.0 Å². The van der Waals surface area contributed by atoms with Crippen LogP contribution >= 0.6 is 22.6 Å². The fraction of sp³-hybridized carbons (Fsp3) is 0.0455. The number of carbonyl (C=O) groups is 1. The Labute approximate surface area is 175 Å². The van der Waals surface area contributed by atoms with Gasteiger partial charge in [-0.05, 0) is 52.4 Å². The number of nitrogens with one attached hydrogen (secondary N) is 1. The number of amides is 1. The van der Waals surface area contributed by atoms with Crippen LogP contribution in [-0.4, -0.2) is 15.7 Å². The van der Waals surface area contributed by atoms with E-state index in [2.05, 4.69) is 33.0 Å². The number of carbonyl (C=O) groups excluding carboxylic acids is 1. The molecule has 28 heavy (non-hydrogen) atoms. The fourth-order valence-electron chi connectivity index (χ4n) is 3.02. The lowest BCUT2D eigenvalue weighted by Crippen LogP contribution is -2.28. The molecule has 138 valence electrons. The molecule has 3 aromatic carbocycles. The van der Waals surface area contributed by atoms with Gasteiger partial charge in [-0.2, -0.15) is 5.10 Å². The van der Waals surface area contributed by atoms with Crippen LogP contribution in [0.4, 0.5) is 5.69 Å². The summed E-state index contributed by atoms with van der Waals surface area (Å²) in [6, 6.07) is 24.2. The van der Waals surface area contributed by atoms with E-state index < -0.39 is 0 Å². The monoisotopic (exact) mass is 481 g/mol. The Balaban J connectivity index is 1.79. The Hall–Kier alpha value is -3.00. The van der Waals surface area contributed by atoms with Gasteiger partial charge in [0, 0.05) is 14.6 Å². The van der Waals surface area contributed by atoms with Crippen molar-refractivity contribution >= 4 is 45.0 Å². The molecule has 0 fully saturated rings. The third kappa shape index (κ3) is 3.82. The highest BCUT2D eigenvalue weighted by molar-refractivity contribution is 14.1. The fourth-order valence-corrected chi connectivity index (χ4v) is 3.57. The molecule has 0 spiro atoms. The van der Waals surface area contributed by atoms with Gasteiger partial charge in [0.25, 0.3) is 11.5 Å². The van der Waals surface area contributed by atoms with Gasteiger partial charge in [-0.15, -0.1) is 0 Å². The van der Waals surface area contributed by atoms with Gasteiger partial charge in [0.1, 0.15) is 0 Å². The lowest BCUT2D eigenvalue weighted by atomic mass is 10.1. The normalized spacial score (nSPS) is 10.8. The Bertz CT molecular complexity index is 1220. The number of halogens is 1. The average Bonchev–Trinajstić information content (AvgIpc) is 2.71. The van der Waals surface area contributed by atoms with Crippen LogP contribution in [-0.2, 0) is 6.54 Å². The van der Waals surface area contributed by atoms with Crippen molar-refractivity contribution in [1.82, 2.24) is 9.78 Å². The van der Waals surface area contributed by atoms with Crippen LogP contribution in [0.15, 0.2) is 83.7 Å². The molecule has 0 bridgehead atoms. The van der Waals surface area contributed by atoms with E-state index in [4.69, 9.17) is 0 Å². The van der Waals surface area contributed by atoms with Crippen LogP contribution in [0.3, 0.4) is 0 Å². The SMILES string of the molecule is O=C(Nc1cccc(I)c1)c1nn(Cc2ccccc2)c(=O)c2ccccc12. The van der Waals surface area contributed by atoms with Crippen LogP contribution in [0.1, 0.15) is 16.1 Å². The molecule has 0 atom stereocenters. The predicted octanol–water partition coefficient (Wildman–Crippen LogP) is 4.30. The first-order chi connectivity index (χ1) is 13.6. The quantitative estimate of drug-likeness (QED) is 0.443. The van der Waals surface area contributed by atoms with Crippen LogP contribution in [0, 0.1) is 3.57 Å². The van der Waals surface area contributed by atoms with Crippen molar-refractivity contribution in [2.75, 3.05) is 5.32 Å². The molecule has 1 aromatic heterocycles. The number of benzene rings is 3. The maximum Gasteiger partial charge on any atom is 0.276 e. The van der Waals surface area contributed by atoms with Gasteiger partial charge in [-0.1, -0.05) is 54.6 Å². The molecule has 1 N–H and O–H groups in total. The van der Waals surface area contributed by atoms with Crippen LogP contribution in [0.25, 0.3) is 10.8 Å². The molecule has 1 amide bonds. The highest BCUT2D eigenvalue weighted by atomic mass is 127. The van der Waals surface area contributed by atoms with Crippen LogP contribution in [0.2, 0.25) is 0 Å². The summed E-state index contributed by atoms with van der Waals surface area (Å²) in [6.07, 6.45) is 0. The number of aromatic nitrogens is 2. The Morgan fingerprint density at radius 1 is 0.929 bits per heavy atom. The minimum atomic E-state index is -0.347. The van der Waals surface area contributed by atoms with Crippen LogP contribution < -0.4 is 10.9 Å². The van der Waals surface area contributed by atoms with Crippen molar-refractivity contribution in [1.29, 1.82) is 0 Å². The summed E-state index contributed by atoms with van der Waals surface area (Å²) in [5.74, 6) is -0.347. The Morgan fingerprint density at radius 3 is 2.39 bits per heavy atom. The highest BCUT2D eigenvalue weighted by Crippen LogP contribution is 2.17.